The van der Waals surface area contributed by atoms with Gasteiger partial charge in [0.2, 0.25) is 5.91 Å². The number of rotatable bonds is 2. The zero-order valence-electron chi connectivity index (χ0n) is 12.5. The lowest BCUT2D eigenvalue weighted by atomic mass is 9.90. The minimum atomic E-state index is -0.391. The number of hydrogen-bond donors (Lipinski definition) is 1. The van der Waals surface area contributed by atoms with E-state index in [0.29, 0.717) is 6.54 Å². The molecule has 1 fully saturated rings. The topological polar surface area (TPSA) is 55.6 Å². The van der Waals surface area contributed by atoms with E-state index in [2.05, 4.69) is 22.0 Å². The highest BCUT2D eigenvalue weighted by atomic mass is 79.9. The predicted octanol–water partition coefficient (Wildman–Crippen LogP) is 2.51. The fourth-order valence-electron chi connectivity index (χ4n) is 3.22. The van der Waals surface area contributed by atoms with Crippen molar-refractivity contribution in [3.8, 4) is 0 Å². The van der Waals surface area contributed by atoms with E-state index in [-0.39, 0.29) is 24.2 Å². The van der Waals surface area contributed by atoms with E-state index >= 15 is 0 Å². The van der Waals surface area contributed by atoms with Gasteiger partial charge < -0.3 is 15.4 Å². The van der Waals surface area contributed by atoms with Gasteiger partial charge in [0.05, 0.1) is 6.04 Å². The Morgan fingerprint density at radius 2 is 2.09 bits per heavy atom. The summed E-state index contributed by atoms with van der Waals surface area (Å²) in [6, 6.07) is 5.83. The number of nitrogens with zero attached hydrogens (tertiary/aromatic N) is 1. The monoisotopic (exact) mass is 388 g/mol. The molecule has 1 unspecified atom stereocenters. The molecular weight excluding hydrogens is 368 g/mol. The van der Waals surface area contributed by atoms with Gasteiger partial charge in [0, 0.05) is 30.8 Å². The molecule has 0 aliphatic carbocycles. The van der Waals surface area contributed by atoms with Crippen LogP contribution in [0.5, 0.6) is 0 Å². The molecule has 2 aliphatic rings. The van der Waals surface area contributed by atoms with E-state index in [9.17, 15) is 4.79 Å². The van der Waals surface area contributed by atoms with Crippen molar-refractivity contribution in [3.05, 3.63) is 33.8 Å². The number of fused-ring (bicyclic) bond motifs is 1. The Labute approximate surface area is 145 Å². The summed E-state index contributed by atoms with van der Waals surface area (Å²) in [5.41, 5.74) is 8.77. The summed E-state index contributed by atoms with van der Waals surface area (Å²) in [5, 5.41) is 0. The Bertz CT molecular complexity index is 535. The summed E-state index contributed by atoms with van der Waals surface area (Å²) >= 11 is 3.59. The summed E-state index contributed by atoms with van der Waals surface area (Å²) in [6.07, 6.45) is 2.68. The SMILES string of the molecule is Cl.NC(C(=O)N1CCc2cccc(Br)c2C1)C1CCOCC1. The Balaban J connectivity index is 0.00000176. The number of hydrogen-bond acceptors (Lipinski definition) is 3. The average Bonchev–Trinajstić information content (AvgIpc) is 2.54. The number of ether oxygens (including phenoxy) is 1. The van der Waals surface area contributed by atoms with E-state index in [1.165, 1.54) is 11.1 Å². The molecular formula is C16H22BrClN2O2. The Morgan fingerprint density at radius 3 is 2.82 bits per heavy atom. The molecule has 0 aromatic heterocycles. The molecule has 22 heavy (non-hydrogen) atoms. The zero-order chi connectivity index (χ0) is 14.8. The van der Waals surface area contributed by atoms with Crippen LogP contribution in [-0.4, -0.2) is 36.6 Å². The first-order chi connectivity index (χ1) is 10.2. The molecule has 0 radical (unpaired) electrons. The molecule has 1 atom stereocenters. The molecule has 2 heterocycles. The largest absolute Gasteiger partial charge is 0.381 e. The van der Waals surface area contributed by atoms with Crippen molar-refractivity contribution in [2.45, 2.75) is 31.8 Å². The number of benzene rings is 1. The second-order valence-corrected chi connectivity index (χ2v) is 6.72. The lowest BCUT2D eigenvalue weighted by molar-refractivity contribution is -0.135. The zero-order valence-corrected chi connectivity index (χ0v) is 14.9. The molecule has 1 amide bonds. The minimum Gasteiger partial charge on any atom is -0.381 e. The van der Waals surface area contributed by atoms with Crippen LogP contribution in [0.2, 0.25) is 0 Å². The third kappa shape index (κ3) is 3.65. The maximum atomic E-state index is 12.7. The van der Waals surface area contributed by atoms with Gasteiger partial charge in [-0.3, -0.25) is 4.79 Å². The van der Waals surface area contributed by atoms with E-state index < -0.39 is 6.04 Å². The highest BCUT2D eigenvalue weighted by molar-refractivity contribution is 9.10. The summed E-state index contributed by atoms with van der Waals surface area (Å²) < 4.78 is 6.43. The minimum absolute atomic E-state index is 0. The molecule has 1 aromatic rings. The van der Waals surface area contributed by atoms with Crippen molar-refractivity contribution in [2.24, 2.45) is 11.7 Å². The van der Waals surface area contributed by atoms with E-state index in [4.69, 9.17) is 10.5 Å². The molecule has 0 spiro atoms. The summed E-state index contributed by atoms with van der Waals surface area (Å²) in [6.45, 7) is 2.87. The molecule has 0 saturated carbocycles. The molecule has 2 N–H and O–H groups in total. The lowest BCUT2D eigenvalue weighted by Crippen LogP contribution is -2.50. The predicted molar refractivity (Wildman–Crippen MR) is 92.0 cm³/mol. The summed E-state index contributed by atoms with van der Waals surface area (Å²) in [5.74, 6) is 0.343. The number of halogens is 2. The van der Waals surface area contributed by atoms with Crippen molar-refractivity contribution in [1.82, 2.24) is 4.90 Å². The smallest absolute Gasteiger partial charge is 0.240 e. The van der Waals surface area contributed by atoms with Crippen molar-refractivity contribution in [2.75, 3.05) is 19.8 Å². The van der Waals surface area contributed by atoms with Gasteiger partial charge in [0.1, 0.15) is 0 Å². The van der Waals surface area contributed by atoms with Crippen LogP contribution in [0.4, 0.5) is 0 Å². The highest BCUT2D eigenvalue weighted by Gasteiger charge is 2.31. The molecule has 4 nitrogen and oxygen atoms in total. The average molecular weight is 390 g/mol. The molecule has 3 rings (SSSR count). The van der Waals surface area contributed by atoms with Crippen LogP contribution in [0.3, 0.4) is 0 Å². The van der Waals surface area contributed by atoms with E-state index in [1.807, 2.05) is 17.0 Å². The van der Waals surface area contributed by atoms with Gasteiger partial charge in [0.15, 0.2) is 0 Å². The van der Waals surface area contributed by atoms with Gasteiger partial charge in [0.25, 0.3) is 0 Å². The molecule has 1 saturated heterocycles. The first-order valence-corrected chi connectivity index (χ1v) is 8.34. The molecule has 6 heteroatoms. The maximum Gasteiger partial charge on any atom is 0.240 e. The van der Waals surface area contributed by atoms with Crippen molar-refractivity contribution >= 4 is 34.2 Å². The molecule has 0 bridgehead atoms. The second kappa shape index (κ2) is 7.77. The Kier molecular flexibility index (Phi) is 6.26. The maximum absolute atomic E-state index is 12.7. The van der Waals surface area contributed by atoms with E-state index in [0.717, 1.165) is 43.5 Å². The lowest BCUT2D eigenvalue weighted by Gasteiger charge is -2.34. The van der Waals surface area contributed by atoms with Crippen LogP contribution in [-0.2, 0) is 22.5 Å². The van der Waals surface area contributed by atoms with Gasteiger partial charge in [-0.25, -0.2) is 0 Å². The van der Waals surface area contributed by atoms with Crippen LogP contribution in [0.15, 0.2) is 22.7 Å². The first-order valence-electron chi connectivity index (χ1n) is 7.55. The van der Waals surface area contributed by atoms with Crippen molar-refractivity contribution < 1.29 is 9.53 Å². The van der Waals surface area contributed by atoms with Crippen molar-refractivity contribution in [1.29, 1.82) is 0 Å². The summed E-state index contributed by atoms with van der Waals surface area (Å²) in [4.78, 5) is 14.6. The Morgan fingerprint density at radius 1 is 1.36 bits per heavy atom. The first kappa shape index (κ1) is 17.7. The van der Waals surface area contributed by atoms with Crippen molar-refractivity contribution in [3.63, 3.8) is 0 Å². The Hall–Kier alpha value is -0.620. The van der Waals surface area contributed by atoms with Crippen LogP contribution in [0.25, 0.3) is 0 Å². The fraction of sp³-hybridized carbons (Fsp3) is 0.562. The van der Waals surface area contributed by atoms with Crippen LogP contribution >= 0.6 is 28.3 Å². The summed E-state index contributed by atoms with van der Waals surface area (Å²) in [7, 11) is 0. The van der Waals surface area contributed by atoms with Gasteiger partial charge in [-0.1, -0.05) is 28.1 Å². The number of carbonyl (C=O) groups excluding carboxylic acids is 1. The van der Waals surface area contributed by atoms with Gasteiger partial charge in [-0.05, 0) is 42.4 Å². The molecule has 2 aliphatic heterocycles. The van der Waals surface area contributed by atoms with E-state index in [1.54, 1.807) is 0 Å². The van der Waals surface area contributed by atoms with Crippen LogP contribution in [0.1, 0.15) is 24.0 Å². The standard InChI is InChI=1S/C16H21BrN2O2.ClH/c17-14-3-1-2-11-4-7-19(10-13(11)14)16(20)15(18)12-5-8-21-9-6-12;/h1-3,12,15H,4-10,18H2;1H. The van der Waals surface area contributed by atoms with Gasteiger partial charge in [-0.15, -0.1) is 12.4 Å². The normalized spacial score (nSPS) is 20.0. The van der Waals surface area contributed by atoms with Crippen LogP contribution < -0.4 is 5.73 Å². The molecule has 1 aromatic carbocycles. The number of amides is 1. The van der Waals surface area contributed by atoms with Gasteiger partial charge >= 0.3 is 0 Å². The number of nitrogens with two attached hydrogens (primary N) is 1. The number of carbonyl (C=O) groups is 1. The van der Waals surface area contributed by atoms with Crippen LogP contribution in [0, 0.1) is 5.92 Å². The third-order valence-corrected chi connectivity index (χ3v) is 5.33. The quantitative estimate of drug-likeness (QED) is 0.845. The highest BCUT2D eigenvalue weighted by Crippen LogP contribution is 2.28. The molecule has 122 valence electrons. The van der Waals surface area contributed by atoms with Gasteiger partial charge in [-0.2, -0.15) is 0 Å². The second-order valence-electron chi connectivity index (χ2n) is 5.86. The third-order valence-electron chi connectivity index (χ3n) is 4.59. The fourth-order valence-corrected chi connectivity index (χ4v) is 3.75.